The Morgan fingerprint density at radius 1 is 1.29 bits per heavy atom. The fraction of sp³-hybridized carbons (Fsp3) is 0.875. The van der Waals surface area contributed by atoms with E-state index in [1.807, 2.05) is 13.8 Å². The van der Waals surface area contributed by atoms with E-state index in [9.17, 15) is 4.79 Å². The zero-order valence-electron chi connectivity index (χ0n) is 8.56. The number of hydrogen-bond acceptors (Lipinski definition) is 5. The van der Waals surface area contributed by atoms with E-state index in [4.69, 9.17) is 20.9 Å². The topological polar surface area (TPSA) is 96.8 Å². The van der Waals surface area contributed by atoms with Crippen molar-refractivity contribution < 1.29 is 19.0 Å². The minimum Gasteiger partial charge on any atom is -0.431 e. The van der Waals surface area contributed by atoms with Crippen LogP contribution in [0.2, 0.25) is 0 Å². The standard InChI is InChI=1S/C8H18N2O4/c1-3-12-7(13-4-2)5-6(9)14-8(10)11/h6-7H,3-5,9H2,1-2H3,(H2,10,11). The van der Waals surface area contributed by atoms with Gasteiger partial charge in [-0.2, -0.15) is 0 Å². The third-order valence-electron chi connectivity index (χ3n) is 1.40. The SMILES string of the molecule is CCOC(CC(N)OC(N)=O)OCC. The van der Waals surface area contributed by atoms with Crippen molar-refractivity contribution in [3.63, 3.8) is 0 Å². The minimum atomic E-state index is -0.899. The van der Waals surface area contributed by atoms with E-state index in [0.717, 1.165) is 0 Å². The summed E-state index contributed by atoms with van der Waals surface area (Å²) in [5.41, 5.74) is 10.2. The van der Waals surface area contributed by atoms with E-state index in [1.54, 1.807) is 0 Å². The van der Waals surface area contributed by atoms with Crippen molar-refractivity contribution >= 4 is 6.09 Å². The lowest BCUT2D eigenvalue weighted by Crippen LogP contribution is -2.35. The molecule has 4 N–H and O–H groups in total. The first-order valence-electron chi connectivity index (χ1n) is 4.55. The molecular formula is C8H18N2O4. The van der Waals surface area contributed by atoms with Gasteiger partial charge in [0.05, 0.1) is 0 Å². The molecule has 0 heterocycles. The molecule has 0 aromatic rings. The molecule has 0 rings (SSSR count). The zero-order valence-corrected chi connectivity index (χ0v) is 8.56. The Labute approximate surface area is 83.5 Å². The third kappa shape index (κ3) is 6.64. The van der Waals surface area contributed by atoms with Crippen molar-refractivity contribution in [3.05, 3.63) is 0 Å². The van der Waals surface area contributed by atoms with Crippen LogP contribution in [0.1, 0.15) is 20.3 Å². The molecule has 6 nitrogen and oxygen atoms in total. The van der Waals surface area contributed by atoms with Crippen molar-refractivity contribution in [3.8, 4) is 0 Å². The van der Waals surface area contributed by atoms with Crippen LogP contribution in [-0.2, 0) is 14.2 Å². The highest BCUT2D eigenvalue weighted by Crippen LogP contribution is 2.04. The fourth-order valence-corrected chi connectivity index (χ4v) is 0.943. The van der Waals surface area contributed by atoms with Crippen LogP contribution in [0.4, 0.5) is 4.79 Å². The number of ether oxygens (including phenoxy) is 3. The van der Waals surface area contributed by atoms with Crippen LogP contribution in [0, 0.1) is 0 Å². The maximum Gasteiger partial charge on any atom is 0.406 e. The van der Waals surface area contributed by atoms with E-state index >= 15 is 0 Å². The molecule has 0 saturated heterocycles. The van der Waals surface area contributed by atoms with Gasteiger partial charge in [-0.25, -0.2) is 4.79 Å². The predicted octanol–water partition coefficient (Wildman–Crippen LogP) is 0.156. The van der Waals surface area contributed by atoms with Crippen molar-refractivity contribution in [1.29, 1.82) is 0 Å². The highest BCUT2D eigenvalue weighted by molar-refractivity contribution is 5.64. The second-order valence-electron chi connectivity index (χ2n) is 2.55. The maximum atomic E-state index is 10.3. The van der Waals surface area contributed by atoms with Gasteiger partial charge in [0.1, 0.15) is 0 Å². The predicted molar refractivity (Wildman–Crippen MR) is 50.3 cm³/mol. The number of amides is 1. The van der Waals surface area contributed by atoms with Crippen LogP contribution in [0.5, 0.6) is 0 Å². The monoisotopic (exact) mass is 206 g/mol. The largest absolute Gasteiger partial charge is 0.431 e. The quantitative estimate of drug-likeness (QED) is 0.578. The Hall–Kier alpha value is -0.850. The molecule has 0 aliphatic rings. The second-order valence-corrected chi connectivity index (χ2v) is 2.55. The molecule has 6 heteroatoms. The number of nitrogens with two attached hydrogens (primary N) is 2. The van der Waals surface area contributed by atoms with E-state index in [1.165, 1.54) is 0 Å². The highest BCUT2D eigenvalue weighted by Gasteiger charge is 2.15. The lowest BCUT2D eigenvalue weighted by molar-refractivity contribution is -0.151. The highest BCUT2D eigenvalue weighted by atomic mass is 16.7. The van der Waals surface area contributed by atoms with Gasteiger partial charge in [0.2, 0.25) is 0 Å². The van der Waals surface area contributed by atoms with Crippen LogP contribution < -0.4 is 11.5 Å². The second kappa shape index (κ2) is 7.54. The summed E-state index contributed by atoms with van der Waals surface area (Å²) in [4.78, 5) is 10.3. The molecule has 0 bridgehead atoms. The summed E-state index contributed by atoms with van der Waals surface area (Å²) in [5.74, 6) is 0. The van der Waals surface area contributed by atoms with E-state index in [-0.39, 0.29) is 6.42 Å². The van der Waals surface area contributed by atoms with Gasteiger partial charge in [0, 0.05) is 19.6 Å². The van der Waals surface area contributed by atoms with Gasteiger partial charge in [0.15, 0.2) is 12.5 Å². The molecule has 0 saturated carbocycles. The molecule has 0 aromatic carbocycles. The first-order valence-corrected chi connectivity index (χ1v) is 4.55. The lowest BCUT2D eigenvalue weighted by Gasteiger charge is -2.20. The van der Waals surface area contributed by atoms with Gasteiger partial charge in [0.25, 0.3) is 0 Å². The molecule has 0 radical (unpaired) electrons. The lowest BCUT2D eigenvalue weighted by atomic mass is 10.4. The Balaban J connectivity index is 3.81. The average Bonchev–Trinajstić information content (AvgIpc) is 2.03. The van der Waals surface area contributed by atoms with Gasteiger partial charge in [-0.05, 0) is 13.8 Å². The molecule has 1 unspecified atom stereocenters. The zero-order chi connectivity index (χ0) is 11.0. The first-order chi connectivity index (χ1) is 6.60. The molecule has 0 aliphatic carbocycles. The smallest absolute Gasteiger partial charge is 0.406 e. The molecule has 0 spiro atoms. The number of hydrogen-bond donors (Lipinski definition) is 2. The van der Waals surface area contributed by atoms with Crippen LogP contribution in [0.25, 0.3) is 0 Å². The summed E-state index contributed by atoms with van der Waals surface area (Å²) in [6.07, 6.45) is -1.89. The Morgan fingerprint density at radius 2 is 1.79 bits per heavy atom. The molecule has 0 aliphatic heterocycles. The Bertz CT molecular complexity index is 159. The summed E-state index contributed by atoms with van der Waals surface area (Å²) in [6, 6.07) is 0. The Kier molecular flexibility index (Phi) is 7.09. The summed E-state index contributed by atoms with van der Waals surface area (Å²) in [7, 11) is 0. The van der Waals surface area contributed by atoms with Gasteiger partial charge in [-0.15, -0.1) is 0 Å². The molecule has 0 aromatic heterocycles. The van der Waals surface area contributed by atoms with Crippen molar-refractivity contribution in [2.75, 3.05) is 13.2 Å². The summed E-state index contributed by atoms with van der Waals surface area (Å²) in [5, 5.41) is 0. The first kappa shape index (κ1) is 13.2. The van der Waals surface area contributed by atoms with E-state index in [0.29, 0.717) is 13.2 Å². The van der Waals surface area contributed by atoms with E-state index < -0.39 is 18.6 Å². The summed E-state index contributed by atoms with van der Waals surface area (Å²) >= 11 is 0. The molecule has 84 valence electrons. The summed E-state index contributed by atoms with van der Waals surface area (Å²) in [6.45, 7) is 4.70. The fourth-order valence-electron chi connectivity index (χ4n) is 0.943. The third-order valence-corrected chi connectivity index (χ3v) is 1.40. The van der Waals surface area contributed by atoms with Crippen LogP contribution in [0.3, 0.4) is 0 Å². The summed E-state index contributed by atoms with van der Waals surface area (Å²) < 4.78 is 14.9. The maximum absolute atomic E-state index is 10.3. The van der Waals surface area contributed by atoms with Crippen LogP contribution in [-0.4, -0.2) is 31.8 Å². The molecule has 0 fully saturated rings. The molecule has 1 atom stereocenters. The molecule has 14 heavy (non-hydrogen) atoms. The van der Waals surface area contributed by atoms with Crippen LogP contribution >= 0.6 is 0 Å². The minimum absolute atomic E-state index is 0.268. The van der Waals surface area contributed by atoms with Gasteiger partial charge in [-0.3, -0.25) is 5.73 Å². The molecule has 1 amide bonds. The van der Waals surface area contributed by atoms with E-state index in [2.05, 4.69) is 4.74 Å². The Morgan fingerprint density at radius 3 is 2.14 bits per heavy atom. The van der Waals surface area contributed by atoms with Crippen molar-refractivity contribution in [1.82, 2.24) is 0 Å². The molecular weight excluding hydrogens is 188 g/mol. The van der Waals surface area contributed by atoms with Crippen molar-refractivity contribution in [2.24, 2.45) is 11.5 Å². The van der Waals surface area contributed by atoms with Gasteiger partial charge < -0.3 is 19.9 Å². The number of carbonyl (C=O) groups is 1. The van der Waals surface area contributed by atoms with Gasteiger partial charge in [-0.1, -0.05) is 0 Å². The van der Waals surface area contributed by atoms with Crippen molar-refractivity contribution in [2.45, 2.75) is 32.8 Å². The number of primary amides is 1. The average molecular weight is 206 g/mol. The normalized spacial score (nSPS) is 12.9. The number of rotatable bonds is 7. The number of carbonyl (C=O) groups excluding carboxylic acids is 1. The van der Waals surface area contributed by atoms with Crippen LogP contribution in [0.15, 0.2) is 0 Å². The van der Waals surface area contributed by atoms with Gasteiger partial charge >= 0.3 is 6.09 Å².